The van der Waals surface area contributed by atoms with Crippen LogP contribution in [0.5, 0.6) is 0 Å². The van der Waals surface area contributed by atoms with Crippen molar-refractivity contribution in [2.75, 3.05) is 0 Å². The summed E-state index contributed by atoms with van der Waals surface area (Å²) >= 11 is 0. The van der Waals surface area contributed by atoms with Crippen LogP contribution in [0.2, 0.25) is 0 Å². The molecule has 0 atom stereocenters. The summed E-state index contributed by atoms with van der Waals surface area (Å²) in [6.07, 6.45) is 1.74. The van der Waals surface area contributed by atoms with E-state index in [1.807, 2.05) is 39.1 Å². The second-order valence-electron chi connectivity index (χ2n) is 5.51. The maximum Gasteiger partial charge on any atom is 0.242 e. The first-order valence-corrected chi connectivity index (χ1v) is 7.22. The van der Waals surface area contributed by atoms with Crippen molar-refractivity contribution in [2.45, 2.75) is 26.9 Å². The Morgan fingerprint density at radius 2 is 2.14 bits per heavy atom. The standard InChI is InChI=1S/C16H19N5O/c1-11-5-4-6-13(7-11)8-17-15(22)10-21-16-12(2)19-20(3)14(16)9-18-21/h4-7,9H,8,10H2,1-3H3,(H,17,22). The Bertz CT molecular complexity index is 830. The van der Waals surface area contributed by atoms with Crippen LogP contribution in [0, 0.1) is 13.8 Å². The minimum absolute atomic E-state index is 0.0604. The van der Waals surface area contributed by atoms with Crippen LogP contribution in [0.3, 0.4) is 0 Å². The van der Waals surface area contributed by atoms with Crippen LogP contribution in [0.4, 0.5) is 0 Å². The molecule has 0 aliphatic heterocycles. The third kappa shape index (κ3) is 2.72. The second kappa shape index (κ2) is 5.63. The average molecular weight is 297 g/mol. The molecular formula is C16H19N5O. The van der Waals surface area contributed by atoms with Crippen LogP contribution in [0.1, 0.15) is 16.8 Å². The van der Waals surface area contributed by atoms with Gasteiger partial charge in [0, 0.05) is 13.6 Å². The number of hydrogen-bond acceptors (Lipinski definition) is 3. The zero-order valence-corrected chi connectivity index (χ0v) is 13.0. The van der Waals surface area contributed by atoms with Crippen LogP contribution < -0.4 is 5.32 Å². The third-order valence-electron chi connectivity index (χ3n) is 3.68. The fourth-order valence-electron chi connectivity index (χ4n) is 2.65. The summed E-state index contributed by atoms with van der Waals surface area (Å²) in [6, 6.07) is 8.10. The molecule has 0 saturated heterocycles. The van der Waals surface area contributed by atoms with Crippen molar-refractivity contribution in [3.8, 4) is 0 Å². The van der Waals surface area contributed by atoms with E-state index in [0.717, 1.165) is 22.3 Å². The number of rotatable bonds is 4. The number of benzene rings is 1. The van der Waals surface area contributed by atoms with Gasteiger partial charge in [0.15, 0.2) is 0 Å². The minimum Gasteiger partial charge on any atom is -0.350 e. The molecule has 3 aromatic rings. The number of hydrogen-bond donors (Lipinski definition) is 1. The van der Waals surface area contributed by atoms with Gasteiger partial charge in [-0.3, -0.25) is 14.2 Å². The molecule has 2 heterocycles. The second-order valence-corrected chi connectivity index (χ2v) is 5.51. The van der Waals surface area contributed by atoms with Gasteiger partial charge in [0.2, 0.25) is 5.91 Å². The lowest BCUT2D eigenvalue weighted by Gasteiger charge is -2.07. The monoisotopic (exact) mass is 297 g/mol. The number of carbonyl (C=O) groups is 1. The highest BCUT2D eigenvalue weighted by Gasteiger charge is 2.13. The summed E-state index contributed by atoms with van der Waals surface area (Å²) in [5, 5.41) is 11.6. The van der Waals surface area contributed by atoms with Gasteiger partial charge in [-0.05, 0) is 19.4 Å². The van der Waals surface area contributed by atoms with Crippen molar-refractivity contribution in [1.29, 1.82) is 0 Å². The van der Waals surface area contributed by atoms with Crippen LogP contribution >= 0.6 is 0 Å². The predicted octanol–water partition coefficient (Wildman–Crippen LogP) is 1.70. The summed E-state index contributed by atoms with van der Waals surface area (Å²) in [4.78, 5) is 12.1. The quantitative estimate of drug-likeness (QED) is 0.797. The Hall–Kier alpha value is -2.63. The molecule has 0 spiro atoms. The fraction of sp³-hybridized carbons (Fsp3) is 0.312. The van der Waals surface area contributed by atoms with E-state index in [9.17, 15) is 4.79 Å². The van der Waals surface area contributed by atoms with Crippen molar-refractivity contribution >= 4 is 16.9 Å². The maximum absolute atomic E-state index is 12.1. The number of aromatic nitrogens is 4. The molecule has 0 aliphatic carbocycles. The van der Waals surface area contributed by atoms with E-state index >= 15 is 0 Å². The van der Waals surface area contributed by atoms with Crippen molar-refractivity contribution in [3.63, 3.8) is 0 Å². The van der Waals surface area contributed by atoms with Crippen LogP contribution in [-0.4, -0.2) is 25.5 Å². The van der Waals surface area contributed by atoms with Gasteiger partial charge >= 0.3 is 0 Å². The Kier molecular flexibility index (Phi) is 3.66. The molecule has 2 aromatic heterocycles. The Balaban J connectivity index is 1.68. The van der Waals surface area contributed by atoms with Gasteiger partial charge in [0.05, 0.1) is 11.9 Å². The molecule has 0 aliphatic rings. The molecule has 0 unspecified atom stereocenters. The minimum atomic E-state index is -0.0604. The van der Waals surface area contributed by atoms with E-state index in [0.29, 0.717) is 6.54 Å². The number of amides is 1. The zero-order valence-electron chi connectivity index (χ0n) is 13.0. The number of fused-ring (bicyclic) bond motifs is 1. The van der Waals surface area contributed by atoms with Gasteiger partial charge in [-0.25, -0.2) is 0 Å². The highest BCUT2D eigenvalue weighted by Crippen LogP contribution is 2.16. The number of nitrogens with zero attached hydrogens (tertiary/aromatic N) is 4. The molecular weight excluding hydrogens is 278 g/mol. The summed E-state index contributed by atoms with van der Waals surface area (Å²) in [6.45, 7) is 4.68. The zero-order chi connectivity index (χ0) is 15.7. The molecule has 0 saturated carbocycles. The molecule has 0 fully saturated rings. The van der Waals surface area contributed by atoms with Crippen LogP contribution in [-0.2, 0) is 24.9 Å². The summed E-state index contributed by atoms with van der Waals surface area (Å²) in [5.41, 5.74) is 5.00. The molecule has 6 heteroatoms. The highest BCUT2D eigenvalue weighted by molar-refractivity contribution is 5.81. The normalized spacial score (nSPS) is 11.0. The third-order valence-corrected chi connectivity index (χ3v) is 3.68. The summed E-state index contributed by atoms with van der Waals surface area (Å²) in [5.74, 6) is -0.0604. The first kappa shape index (κ1) is 14.3. The van der Waals surface area contributed by atoms with Gasteiger partial charge in [-0.2, -0.15) is 10.2 Å². The molecule has 1 amide bonds. The van der Waals surface area contributed by atoms with Gasteiger partial charge < -0.3 is 5.32 Å². The number of aryl methyl sites for hydroxylation is 3. The molecule has 3 rings (SSSR count). The molecule has 0 bridgehead atoms. The van der Waals surface area contributed by atoms with Crippen molar-refractivity contribution < 1.29 is 4.79 Å². The van der Waals surface area contributed by atoms with Gasteiger partial charge in [-0.1, -0.05) is 29.8 Å². The molecule has 114 valence electrons. The smallest absolute Gasteiger partial charge is 0.242 e. The first-order valence-electron chi connectivity index (χ1n) is 7.22. The molecule has 6 nitrogen and oxygen atoms in total. The number of nitrogens with one attached hydrogen (secondary N) is 1. The average Bonchev–Trinajstić information content (AvgIpc) is 3.00. The molecule has 1 aromatic carbocycles. The maximum atomic E-state index is 12.1. The number of carbonyl (C=O) groups excluding carboxylic acids is 1. The Morgan fingerprint density at radius 3 is 2.91 bits per heavy atom. The topological polar surface area (TPSA) is 64.7 Å². The van der Waals surface area contributed by atoms with Crippen LogP contribution in [0.25, 0.3) is 11.0 Å². The van der Waals surface area contributed by atoms with E-state index < -0.39 is 0 Å². The van der Waals surface area contributed by atoms with Crippen molar-refractivity contribution in [1.82, 2.24) is 24.9 Å². The van der Waals surface area contributed by atoms with Crippen molar-refractivity contribution in [2.24, 2.45) is 7.05 Å². The summed E-state index contributed by atoms with van der Waals surface area (Å²) in [7, 11) is 1.87. The van der Waals surface area contributed by atoms with E-state index in [-0.39, 0.29) is 12.5 Å². The lowest BCUT2D eigenvalue weighted by molar-refractivity contribution is -0.121. The largest absolute Gasteiger partial charge is 0.350 e. The van der Waals surface area contributed by atoms with Crippen molar-refractivity contribution in [3.05, 3.63) is 47.3 Å². The van der Waals surface area contributed by atoms with Gasteiger partial charge in [-0.15, -0.1) is 0 Å². The first-order chi connectivity index (χ1) is 10.5. The molecule has 22 heavy (non-hydrogen) atoms. The van der Waals surface area contributed by atoms with E-state index in [4.69, 9.17) is 0 Å². The van der Waals surface area contributed by atoms with Crippen LogP contribution in [0.15, 0.2) is 30.5 Å². The highest BCUT2D eigenvalue weighted by atomic mass is 16.2. The SMILES string of the molecule is Cc1cccc(CNC(=O)Cn2ncc3c2c(C)nn3C)c1. The fourth-order valence-corrected chi connectivity index (χ4v) is 2.65. The molecule has 0 radical (unpaired) electrons. The lowest BCUT2D eigenvalue weighted by atomic mass is 10.1. The Labute approximate surface area is 128 Å². The predicted molar refractivity (Wildman–Crippen MR) is 84.3 cm³/mol. The summed E-state index contributed by atoms with van der Waals surface area (Å²) < 4.78 is 3.47. The lowest BCUT2D eigenvalue weighted by Crippen LogP contribution is -2.27. The molecule has 1 N–H and O–H groups in total. The van der Waals surface area contributed by atoms with E-state index in [1.165, 1.54) is 5.56 Å². The van der Waals surface area contributed by atoms with E-state index in [1.54, 1.807) is 15.6 Å². The van der Waals surface area contributed by atoms with E-state index in [2.05, 4.69) is 21.6 Å². The Morgan fingerprint density at radius 1 is 1.32 bits per heavy atom. The van der Waals surface area contributed by atoms with Gasteiger partial charge in [0.1, 0.15) is 17.6 Å². The van der Waals surface area contributed by atoms with Gasteiger partial charge in [0.25, 0.3) is 0 Å².